The Labute approximate surface area is 131 Å². The van der Waals surface area contributed by atoms with Gasteiger partial charge in [0.15, 0.2) is 0 Å². The summed E-state index contributed by atoms with van der Waals surface area (Å²) in [6.07, 6.45) is 2.71. The lowest BCUT2D eigenvalue weighted by Gasteiger charge is -2.38. The predicted molar refractivity (Wildman–Crippen MR) is 87.0 cm³/mol. The van der Waals surface area contributed by atoms with Crippen molar-refractivity contribution < 1.29 is 9.90 Å². The zero-order valence-corrected chi connectivity index (χ0v) is 13.1. The second-order valence-corrected chi connectivity index (χ2v) is 6.15. The number of nitrogens with zero attached hydrogens (tertiary/aromatic N) is 1. The van der Waals surface area contributed by atoms with Gasteiger partial charge in [0.1, 0.15) is 0 Å². The van der Waals surface area contributed by atoms with Gasteiger partial charge >= 0.3 is 0 Å². The van der Waals surface area contributed by atoms with Crippen molar-refractivity contribution in [3.8, 4) is 0 Å². The molecular weight excluding hydrogens is 278 g/mol. The molecule has 5 nitrogen and oxygen atoms in total. The highest BCUT2D eigenvalue weighted by molar-refractivity contribution is 5.77. The number of carbonyl (C=O) groups is 1. The van der Waals surface area contributed by atoms with Gasteiger partial charge in [-0.25, -0.2) is 0 Å². The molecule has 1 aliphatic rings. The third kappa shape index (κ3) is 4.31. The topological polar surface area (TPSA) is 76.4 Å². The smallest absolute Gasteiger partial charge is 0.223 e. The first kappa shape index (κ1) is 16.5. The average Bonchev–Trinajstić information content (AvgIpc) is 2.54. The lowest BCUT2D eigenvalue weighted by molar-refractivity contribution is -0.135. The zero-order chi connectivity index (χ0) is 16.0. The van der Waals surface area contributed by atoms with Gasteiger partial charge in [-0.15, -0.1) is 0 Å². The van der Waals surface area contributed by atoms with Crippen molar-refractivity contribution in [3.63, 3.8) is 0 Å². The Balaban J connectivity index is 1.83. The van der Waals surface area contributed by atoms with Crippen LogP contribution in [-0.2, 0) is 4.79 Å². The van der Waals surface area contributed by atoms with Crippen LogP contribution in [0.2, 0.25) is 0 Å². The molecule has 1 atom stereocenters. The van der Waals surface area contributed by atoms with Crippen molar-refractivity contribution in [2.45, 2.75) is 37.7 Å². The fourth-order valence-electron chi connectivity index (χ4n) is 2.88. The van der Waals surface area contributed by atoms with Gasteiger partial charge in [-0.3, -0.25) is 10.2 Å². The van der Waals surface area contributed by atoms with E-state index in [1.807, 2.05) is 23.1 Å². The lowest BCUT2D eigenvalue weighted by atomic mass is 9.90. The summed E-state index contributed by atoms with van der Waals surface area (Å²) in [5.41, 5.74) is 0.374. The molecule has 0 unspecified atom stereocenters. The number of carbonyl (C=O) groups excluding carboxylic acids is 1. The molecule has 1 fully saturated rings. The molecule has 0 radical (unpaired) electrons. The summed E-state index contributed by atoms with van der Waals surface area (Å²) in [7, 11) is 0. The maximum absolute atomic E-state index is 12.4. The van der Waals surface area contributed by atoms with E-state index in [1.54, 1.807) is 0 Å². The normalized spacial score (nSPS) is 18.5. The van der Waals surface area contributed by atoms with Gasteiger partial charge in [-0.1, -0.05) is 37.3 Å². The van der Waals surface area contributed by atoms with E-state index < -0.39 is 5.60 Å². The van der Waals surface area contributed by atoms with E-state index in [0.29, 0.717) is 38.9 Å². The molecule has 5 heteroatoms. The van der Waals surface area contributed by atoms with E-state index in [2.05, 4.69) is 24.4 Å². The molecule has 1 aromatic rings. The van der Waals surface area contributed by atoms with Crippen LogP contribution in [0, 0.1) is 5.41 Å². The molecule has 120 valence electrons. The summed E-state index contributed by atoms with van der Waals surface area (Å²) in [4.78, 5) is 14.2. The first-order valence-electron chi connectivity index (χ1n) is 7.81. The number of nitrogens with one attached hydrogen (secondary N) is 2. The molecule has 0 aliphatic carbocycles. The standard InChI is InChI=1S/C17H25N3O2/c1-14(15-5-3-2-4-6-15)11-16(21)20-9-7-17(22,8-10-20)12-19-13-18/h2-6,13-14,22H,7-12H2,1H3,(H2,18,19)/t14-/m1/s1. The van der Waals surface area contributed by atoms with Crippen molar-refractivity contribution in [3.05, 3.63) is 35.9 Å². The molecule has 1 amide bonds. The van der Waals surface area contributed by atoms with Crippen LogP contribution in [-0.4, -0.2) is 47.5 Å². The van der Waals surface area contributed by atoms with Gasteiger partial charge in [0.05, 0.1) is 11.9 Å². The molecule has 2 rings (SSSR count). The molecule has 1 saturated heterocycles. The molecule has 22 heavy (non-hydrogen) atoms. The number of amides is 1. The summed E-state index contributed by atoms with van der Waals surface area (Å²) in [6.45, 7) is 3.60. The second-order valence-electron chi connectivity index (χ2n) is 6.15. The Bertz CT molecular complexity index is 496. The maximum Gasteiger partial charge on any atom is 0.223 e. The lowest BCUT2D eigenvalue weighted by Crippen LogP contribution is -2.51. The van der Waals surface area contributed by atoms with Crippen molar-refractivity contribution >= 4 is 12.2 Å². The van der Waals surface area contributed by atoms with Crippen LogP contribution < -0.4 is 5.32 Å². The fraction of sp³-hybridized carbons (Fsp3) is 0.529. The van der Waals surface area contributed by atoms with Crippen molar-refractivity contribution in [1.29, 1.82) is 5.41 Å². The fourth-order valence-corrected chi connectivity index (χ4v) is 2.88. The van der Waals surface area contributed by atoms with E-state index in [4.69, 9.17) is 5.41 Å². The van der Waals surface area contributed by atoms with Gasteiger partial charge in [-0.2, -0.15) is 0 Å². The minimum Gasteiger partial charge on any atom is -0.388 e. The van der Waals surface area contributed by atoms with Gasteiger partial charge in [0, 0.05) is 26.1 Å². The van der Waals surface area contributed by atoms with E-state index in [1.165, 1.54) is 5.56 Å². The molecule has 0 aromatic heterocycles. The van der Waals surface area contributed by atoms with Gasteiger partial charge < -0.3 is 15.3 Å². The number of hydrogen-bond acceptors (Lipinski definition) is 3. The van der Waals surface area contributed by atoms with Gasteiger partial charge in [0.2, 0.25) is 5.91 Å². The summed E-state index contributed by atoms with van der Waals surface area (Å²) < 4.78 is 0. The highest BCUT2D eigenvalue weighted by Crippen LogP contribution is 2.24. The molecule has 0 bridgehead atoms. The largest absolute Gasteiger partial charge is 0.388 e. The first-order valence-corrected chi connectivity index (χ1v) is 7.81. The third-order valence-corrected chi connectivity index (χ3v) is 4.43. The molecule has 1 aromatic carbocycles. The van der Waals surface area contributed by atoms with E-state index in [0.717, 1.165) is 6.34 Å². The number of hydrogen-bond donors (Lipinski definition) is 3. The van der Waals surface area contributed by atoms with Crippen molar-refractivity contribution in [2.75, 3.05) is 19.6 Å². The first-order chi connectivity index (χ1) is 10.5. The molecule has 0 spiro atoms. The predicted octanol–water partition coefficient (Wildman–Crippen LogP) is 1.73. The van der Waals surface area contributed by atoms with Crippen LogP contribution in [0.25, 0.3) is 0 Å². The molecular formula is C17H25N3O2. The minimum absolute atomic E-state index is 0.151. The van der Waals surface area contributed by atoms with E-state index >= 15 is 0 Å². The van der Waals surface area contributed by atoms with Crippen LogP contribution in [0.15, 0.2) is 30.3 Å². The van der Waals surface area contributed by atoms with Crippen LogP contribution >= 0.6 is 0 Å². The van der Waals surface area contributed by atoms with Gasteiger partial charge in [0.25, 0.3) is 0 Å². The van der Waals surface area contributed by atoms with E-state index in [9.17, 15) is 9.90 Å². The van der Waals surface area contributed by atoms with Crippen LogP contribution in [0.3, 0.4) is 0 Å². The van der Waals surface area contributed by atoms with Gasteiger partial charge in [-0.05, 0) is 24.3 Å². The number of rotatable bonds is 6. The zero-order valence-electron chi connectivity index (χ0n) is 13.1. The third-order valence-electron chi connectivity index (χ3n) is 4.43. The quantitative estimate of drug-likeness (QED) is 0.553. The number of aliphatic hydroxyl groups is 1. The summed E-state index contributed by atoms with van der Waals surface area (Å²) in [5, 5.41) is 20.1. The Hall–Kier alpha value is -1.88. The van der Waals surface area contributed by atoms with Crippen LogP contribution in [0.4, 0.5) is 0 Å². The summed E-state index contributed by atoms with van der Waals surface area (Å²) in [6, 6.07) is 10.1. The molecule has 1 aliphatic heterocycles. The summed E-state index contributed by atoms with van der Waals surface area (Å²) in [5.74, 6) is 0.354. The monoisotopic (exact) mass is 303 g/mol. The SMILES string of the molecule is C[C@H](CC(=O)N1CCC(O)(CNC=N)CC1)c1ccccc1. The van der Waals surface area contributed by atoms with Crippen LogP contribution in [0.5, 0.6) is 0 Å². The maximum atomic E-state index is 12.4. The Kier molecular flexibility index (Phi) is 5.55. The molecule has 1 heterocycles. The average molecular weight is 303 g/mol. The van der Waals surface area contributed by atoms with Crippen LogP contribution in [0.1, 0.15) is 37.7 Å². The highest BCUT2D eigenvalue weighted by Gasteiger charge is 2.33. The van der Waals surface area contributed by atoms with Crippen molar-refractivity contribution in [2.24, 2.45) is 0 Å². The summed E-state index contributed by atoms with van der Waals surface area (Å²) >= 11 is 0. The Morgan fingerprint density at radius 1 is 1.41 bits per heavy atom. The van der Waals surface area contributed by atoms with Crippen molar-refractivity contribution in [1.82, 2.24) is 10.2 Å². The molecule has 3 N–H and O–H groups in total. The Morgan fingerprint density at radius 3 is 2.64 bits per heavy atom. The second kappa shape index (κ2) is 7.40. The number of piperidine rings is 1. The van der Waals surface area contributed by atoms with E-state index in [-0.39, 0.29) is 11.8 Å². The Morgan fingerprint density at radius 2 is 2.05 bits per heavy atom. The number of likely N-dealkylation sites (tertiary alicyclic amines) is 1. The number of benzene rings is 1. The highest BCUT2D eigenvalue weighted by atomic mass is 16.3. The minimum atomic E-state index is -0.806. The molecule has 0 saturated carbocycles.